The number of carbonyl (C=O) groups is 2. The third-order valence-electron chi connectivity index (χ3n) is 6.46. The van der Waals surface area contributed by atoms with Gasteiger partial charge in [-0.25, -0.2) is 21.6 Å². The van der Waals surface area contributed by atoms with Crippen molar-refractivity contribution in [2.45, 2.75) is 37.2 Å². The zero-order valence-electron chi connectivity index (χ0n) is 19.4. The quantitative estimate of drug-likeness (QED) is 0.509. The molecule has 1 fully saturated rings. The fourth-order valence-corrected chi connectivity index (χ4v) is 7.69. The Hall–Kier alpha value is -2.76. The Morgan fingerprint density at radius 2 is 1.77 bits per heavy atom. The third kappa shape index (κ3) is 5.57. The van der Waals surface area contributed by atoms with E-state index in [1.807, 2.05) is 24.3 Å². The van der Waals surface area contributed by atoms with Gasteiger partial charge in [0, 0.05) is 25.7 Å². The number of ether oxygens (including phenoxy) is 1. The third-order valence-corrected chi connectivity index (χ3v) is 10.1. The number of sulfone groups is 1. The van der Waals surface area contributed by atoms with Crippen LogP contribution in [-0.4, -0.2) is 75.2 Å². The molecule has 0 saturated carbocycles. The van der Waals surface area contributed by atoms with Crippen LogP contribution in [0.25, 0.3) is 0 Å². The fraction of sp³-hybridized carbons (Fsp3) is 0.417. The van der Waals surface area contributed by atoms with E-state index in [9.17, 15) is 26.4 Å². The molecule has 1 amide bonds. The molecule has 2 heterocycles. The second-order valence-corrected chi connectivity index (χ2v) is 12.9. The van der Waals surface area contributed by atoms with Crippen LogP contribution in [0.3, 0.4) is 0 Å². The topological polar surface area (TPSA) is 118 Å². The Kier molecular flexibility index (Phi) is 7.30. The smallest absolute Gasteiger partial charge is 0.338 e. The van der Waals surface area contributed by atoms with Crippen LogP contribution in [0.2, 0.25) is 0 Å². The van der Waals surface area contributed by atoms with Crippen LogP contribution < -0.4 is 0 Å². The largest absolute Gasteiger partial charge is 0.452 e. The predicted octanol–water partition coefficient (Wildman–Crippen LogP) is 1.63. The molecule has 1 saturated heterocycles. The van der Waals surface area contributed by atoms with Crippen LogP contribution in [0.15, 0.2) is 53.4 Å². The van der Waals surface area contributed by atoms with Gasteiger partial charge in [-0.2, -0.15) is 4.31 Å². The minimum atomic E-state index is -3.74. The minimum absolute atomic E-state index is 0.0421. The van der Waals surface area contributed by atoms with Crippen LogP contribution in [0.5, 0.6) is 0 Å². The van der Waals surface area contributed by atoms with Crippen molar-refractivity contribution in [3.05, 3.63) is 65.2 Å². The van der Waals surface area contributed by atoms with Gasteiger partial charge in [0.15, 0.2) is 16.4 Å². The van der Waals surface area contributed by atoms with E-state index < -0.39 is 44.4 Å². The predicted molar refractivity (Wildman–Crippen MR) is 129 cm³/mol. The van der Waals surface area contributed by atoms with E-state index >= 15 is 0 Å². The molecule has 0 bridgehead atoms. The Morgan fingerprint density at radius 1 is 1.09 bits per heavy atom. The number of amides is 1. The molecule has 0 aliphatic carbocycles. The van der Waals surface area contributed by atoms with E-state index in [0.29, 0.717) is 32.5 Å². The molecule has 2 aromatic rings. The summed E-state index contributed by atoms with van der Waals surface area (Å²) < 4.78 is 56.2. The van der Waals surface area contributed by atoms with Crippen molar-refractivity contribution in [1.82, 2.24) is 9.21 Å². The van der Waals surface area contributed by atoms with Crippen LogP contribution >= 0.6 is 0 Å². The van der Waals surface area contributed by atoms with Crippen LogP contribution in [0, 0.1) is 0 Å². The number of likely N-dealkylation sites (N-methyl/N-ethyl adjacent to an activating group) is 1. The zero-order chi connectivity index (χ0) is 25.2. The highest BCUT2D eigenvalue weighted by atomic mass is 32.2. The highest BCUT2D eigenvalue weighted by Gasteiger charge is 2.34. The second-order valence-electron chi connectivity index (χ2n) is 8.69. The van der Waals surface area contributed by atoms with Crippen molar-refractivity contribution in [2.24, 2.45) is 0 Å². The fourth-order valence-electron chi connectivity index (χ4n) is 4.54. The molecule has 0 spiro atoms. The first-order valence-corrected chi connectivity index (χ1v) is 14.7. The molecule has 4 rings (SSSR count). The van der Waals surface area contributed by atoms with Gasteiger partial charge in [-0.3, -0.25) is 4.79 Å². The van der Waals surface area contributed by atoms with Gasteiger partial charge in [-0.1, -0.05) is 24.3 Å². The van der Waals surface area contributed by atoms with Gasteiger partial charge < -0.3 is 9.64 Å². The first kappa shape index (κ1) is 25.3. The molecular weight excluding hydrogens is 492 g/mol. The monoisotopic (exact) mass is 520 g/mol. The van der Waals surface area contributed by atoms with E-state index in [1.54, 1.807) is 6.92 Å². The van der Waals surface area contributed by atoms with Gasteiger partial charge in [0.25, 0.3) is 5.91 Å². The maximum atomic E-state index is 13.1. The van der Waals surface area contributed by atoms with E-state index in [2.05, 4.69) is 0 Å². The molecule has 0 N–H and O–H groups in total. The van der Waals surface area contributed by atoms with Crippen molar-refractivity contribution in [1.29, 1.82) is 0 Å². The summed E-state index contributed by atoms with van der Waals surface area (Å²) in [6.45, 7) is 2.20. The average Bonchev–Trinajstić information content (AvgIpc) is 3.21. The van der Waals surface area contributed by atoms with Gasteiger partial charge in [0.2, 0.25) is 10.0 Å². The Balaban J connectivity index is 1.37. The summed E-state index contributed by atoms with van der Waals surface area (Å²) in [6, 6.07) is 12.8. The van der Waals surface area contributed by atoms with Crippen molar-refractivity contribution in [3.63, 3.8) is 0 Å². The maximum absolute atomic E-state index is 13.1. The first-order chi connectivity index (χ1) is 16.6. The lowest BCUT2D eigenvalue weighted by molar-refractivity contribution is -0.136. The summed E-state index contributed by atoms with van der Waals surface area (Å²) in [7, 11) is -6.89. The van der Waals surface area contributed by atoms with Crippen molar-refractivity contribution < 1.29 is 31.2 Å². The van der Waals surface area contributed by atoms with Gasteiger partial charge in [-0.05, 0) is 55.2 Å². The number of hydrogen-bond donors (Lipinski definition) is 0. The standard InChI is InChI=1S/C24H28N2O7S2/c1-2-26(21-12-14-34(29,30)17-21)23(27)16-33-24(28)19-7-9-22(10-8-19)35(31,32)25-13-11-18-5-3-4-6-20(18)15-25/h3-10,21H,2,11-17H2,1H3. The summed E-state index contributed by atoms with van der Waals surface area (Å²) in [5.74, 6) is -1.27. The van der Waals surface area contributed by atoms with Gasteiger partial charge >= 0.3 is 5.97 Å². The molecule has 11 heteroatoms. The molecule has 9 nitrogen and oxygen atoms in total. The van der Waals surface area contributed by atoms with Crippen molar-refractivity contribution >= 4 is 31.7 Å². The molecule has 1 atom stereocenters. The molecule has 2 aliphatic rings. The Labute approximate surface area is 205 Å². The molecule has 0 radical (unpaired) electrons. The average molecular weight is 521 g/mol. The summed E-state index contributed by atoms with van der Waals surface area (Å²) in [4.78, 5) is 26.5. The molecule has 35 heavy (non-hydrogen) atoms. The first-order valence-electron chi connectivity index (χ1n) is 11.4. The van der Waals surface area contributed by atoms with E-state index in [-0.39, 0.29) is 22.0 Å². The van der Waals surface area contributed by atoms with Crippen LogP contribution in [-0.2, 0) is 42.4 Å². The lowest BCUT2D eigenvalue weighted by Gasteiger charge is -2.28. The van der Waals surface area contributed by atoms with Gasteiger partial charge in [0.1, 0.15) is 0 Å². The molecule has 2 aliphatic heterocycles. The van der Waals surface area contributed by atoms with Crippen LogP contribution in [0.4, 0.5) is 0 Å². The number of benzene rings is 2. The summed E-state index contributed by atoms with van der Waals surface area (Å²) in [5.41, 5.74) is 2.23. The van der Waals surface area contributed by atoms with Crippen molar-refractivity contribution in [2.75, 3.05) is 31.2 Å². The van der Waals surface area contributed by atoms with E-state index in [0.717, 1.165) is 11.1 Å². The highest BCUT2D eigenvalue weighted by molar-refractivity contribution is 7.91. The molecular formula is C24H28N2O7S2. The normalized spacial score (nSPS) is 19.6. The molecule has 0 aromatic heterocycles. The minimum Gasteiger partial charge on any atom is -0.452 e. The molecule has 188 valence electrons. The molecule has 2 aromatic carbocycles. The number of hydrogen-bond acceptors (Lipinski definition) is 7. The Bertz CT molecular complexity index is 1320. The summed E-state index contributed by atoms with van der Waals surface area (Å²) in [6.07, 6.45) is 1.00. The second kappa shape index (κ2) is 10.1. The number of esters is 1. The van der Waals surface area contributed by atoms with Gasteiger partial charge in [-0.15, -0.1) is 0 Å². The number of nitrogens with zero attached hydrogens (tertiary/aromatic N) is 2. The zero-order valence-corrected chi connectivity index (χ0v) is 21.1. The number of sulfonamides is 1. The summed E-state index contributed by atoms with van der Waals surface area (Å²) >= 11 is 0. The lowest BCUT2D eigenvalue weighted by atomic mass is 10.0. The number of rotatable bonds is 7. The van der Waals surface area contributed by atoms with Crippen LogP contribution in [0.1, 0.15) is 34.8 Å². The maximum Gasteiger partial charge on any atom is 0.338 e. The van der Waals surface area contributed by atoms with E-state index in [1.165, 1.54) is 33.5 Å². The lowest BCUT2D eigenvalue weighted by Crippen LogP contribution is -2.43. The Morgan fingerprint density at radius 3 is 2.40 bits per heavy atom. The summed E-state index contributed by atoms with van der Waals surface area (Å²) in [5, 5.41) is 0. The number of carbonyl (C=O) groups excluding carboxylic acids is 2. The van der Waals surface area contributed by atoms with Crippen molar-refractivity contribution in [3.8, 4) is 0 Å². The van der Waals surface area contributed by atoms with E-state index in [4.69, 9.17) is 4.74 Å². The molecule has 1 unspecified atom stereocenters. The highest BCUT2D eigenvalue weighted by Crippen LogP contribution is 2.25. The van der Waals surface area contributed by atoms with Gasteiger partial charge in [0.05, 0.1) is 22.0 Å². The number of fused-ring (bicyclic) bond motifs is 1. The SMILES string of the molecule is CCN(C(=O)COC(=O)c1ccc(S(=O)(=O)N2CCc3ccccc3C2)cc1)C1CCS(=O)(=O)C1.